The molecule has 0 spiro atoms. The molecule has 110 valence electrons. The fourth-order valence-corrected chi connectivity index (χ4v) is 2.84. The van der Waals surface area contributed by atoms with E-state index in [2.05, 4.69) is 29.0 Å². The molecular formula is C15H24N4O. The van der Waals surface area contributed by atoms with Crippen molar-refractivity contribution in [2.24, 2.45) is 11.7 Å². The lowest BCUT2D eigenvalue weighted by Crippen LogP contribution is -2.42. The summed E-state index contributed by atoms with van der Waals surface area (Å²) in [5.74, 6) is 1.24. The SMILES string of the molecule is CCNC(C)C1CCN(c2ccc(C(N)=O)cn2)CC1. The van der Waals surface area contributed by atoms with Crippen LogP contribution in [0.15, 0.2) is 18.3 Å². The maximum absolute atomic E-state index is 11.0. The third-order valence-corrected chi connectivity index (χ3v) is 4.13. The van der Waals surface area contributed by atoms with Gasteiger partial charge in [-0.05, 0) is 44.4 Å². The van der Waals surface area contributed by atoms with Gasteiger partial charge < -0.3 is 16.0 Å². The molecule has 1 atom stereocenters. The zero-order valence-electron chi connectivity index (χ0n) is 12.3. The Labute approximate surface area is 120 Å². The lowest BCUT2D eigenvalue weighted by atomic mass is 9.90. The number of nitrogens with two attached hydrogens (primary N) is 1. The minimum Gasteiger partial charge on any atom is -0.366 e. The minimum absolute atomic E-state index is 0.428. The molecule has 1 aromatic rings. The zero-order chi connectivity index (χ0) is 14.5. The first kappa shape index (κ1) is 14.8. The number of aromatic nitrogens is 1. The summed E-state index contributed by atoms with van der Waals surface area (Å²) in [4.78, 5) is 17.6. The topological polar surface area (TPSA) is 71.2 Å². The Balaban J connectivity index is 1.91. The third kappa shape index (κ3) is 3.48. The Morgan fingerprint density at radius 2 is 2.20 bits per heavy atom. The molecule has 0 saturated carbocycles. The Bertz CT molecular complexity index is 438. The minimum atomic E-state index is -0.428. The summed E-state index contributed by atoms with van der Waals surface area (Å²) < 4.78 is 0. The van der Waals surface area contributed by atoms with Crippen molar-refractivity contribution >= 4 is 11.7 Å². The normalized spacial score (nSPS) is 18.0. The molecule has 2 heterocycles. The van der Waals surface area contributed by atoms with Crippen LogP contribution in [0.1, 0.15) is 37.0 Å². The van der Waals surface area contributed by atoms with Crippen molar-refractivity contribution in [1.82, 2.24) is 10.3 Å². The van der Waals surface area contributed by atoms with Crippen molar-refractivity contribution in [2.75, 3.05) is 24.5 Å². The molecule has 2 rings (SSSR count). The molecule has 20 heavy (non-hydrogen) atoms. The number of piperidine rings is 1. The van der Waals surface area contributed by atoms with Crippen molar-refractivity contribution < 1.29 is 4.79 Å². The summed E-state index contributed by atoms with van der Waals surface area (Å²) in [7, 11) is 0. The van der Waals surface area contributed by atoms with E-state index in [0.717, 1.165) is 31.4 Å². The predicted molar refractivity (Wildman–Crippen MR) is 80.8 cm³/mol. The van der Waals surface area contributed by atoms with E-state index in [1.54, 1.807) is 12.3 Å². The first-order valence-electron chi connectivity index (χ1n) is 7.36. The highest BCUT2D eigenvalue weighted by atomic mass is 16.1. The van der Waals surface area contributed by atoms with Crippen molar-refractivity contribution in [1.29, 1.82) is 0 Å². The van der Waals surface area contributed by atoms with Crippen molar-refractivity contribution in [3.63, 3.8) is 0 Å². The zero-order valence-corrected chi connectivity index (χ0v) is 12.3. The van der Waals surface area contributed by atoms with Gasteiger partial charge in [0.2, 0.25) is 5.91 Å². The number of pyridine rings is 1. The lowest BCUT2D eigenvalue weighted by Gasteiger charge is -2.35. The van der Waals surface area contributed by atoms with Gasteiger partial charge in [0.1, 0.15) is 5.82 Å². The number of nitrogens with one attached hydrogen (secondary N) is 1. The van der Waals surface area contributed by atoms with Gasteiger partial charge in [0.25, 0.3) is 0 Å². The third-order valence-electron chi connectivity index (χ3n) is 4.13. The quantitative estimate of drug-likeness (QED) is 0.852. The average molecular weight is 276 g/mol. The van der Waals surface area contributed by atoms with Crippen LogP contribution in [0.4, 0.5) is 5.82 Å². The van der Waals surface area contributed by atoms with E-state index in [1.165, 1.54) is 12.8 Å². The van der Waals surface area contributed by atoms with Gasteiger partial charge in [0.15, 0.2) is 0 Å². The molecule has 0 bridgehead atoms. The maximum atomic E-state index is 11.0. The molecule has 0 aromatic carbocycles. The molecule has 1 aliphatic heterocycles. The van der Waals surface area contributed by atoms with Crippen LogP contribution in [0.5, 0.6) is 0 Å². The molecule has 0 aliphatic carbocycles. The largest absolute Gasteiger partial charge is 0.366 e. The van der Waals surface area contributed by atoms with E-state index in [-0.39, 0.29) is 0 Å². The first-order valence-corrected chi connectivity index (χ1v) is 7.36. The Morgan fingerprint density at radius 3 is 2.70 bits per heavy atom. The first-order chi connectivity index (χ1) is 9.61. The van der Waals surface area contributed by atoms with Crippen LogP contribution in [0.3, 0.4) is 0 Å². The summed E-state index contributed by atoms with van der Waals surface area (Å²) >= 11 is 0. The number of carbonyl (C=O) groups excluding carboxylic acids is 1. The van der Waals surface area contributed by atoms with Crippen LogP contribution in [0, 0.1) is 5.92 Å². The van der Waals surface area contributed by atoms with E-state index < -0.39 is 5.91 Å². The van der Waals surface area contributed by atoms with E-state index in [4.69, 9.17) is 5.73 Å². The molecule has 1 fully saturated rings. The molecular weight excluding hydrogens is 252 g/mol. The van der Waals surface area contributed by atoms with E-state index in [9.17, 15) is 4.79 Å². The van der Waals surface area contributed by atoms with Crippen LogP contribution in [-0.2, 0) is 0 Å². The number of amides is 1. The molecule has 1 aliphatic rings. The molecule has 1 unspecified atom stereocenters. The Morgan fingerprint density at radius 1 is 1.50 bits per heavy atom. The van der Waals surface area contributed by atoms with Gasteiger partial charge in [0, 0.05) is 25.3 Å². The summed E-state index contributed by atoms with van der Waals surface area (Å²) in [6.45, 7) is 7.48. The smallest absolute Gasteiger partial charge is 0.250 e. The monoisotopic (exact) mass is 276 g/mol. The molecule has 5 heteroatoms. The highest BCUT2D eigenvalue weighted by molar-refractivity contribution is 5.92. The summed E-state index contributed by atoms with van der Waals surface area (Å²) in [6.07, 6.45) is 3.91. The summed E-state index contributed by atoms with van der Waals surface area (Å²) in [6, 6.07) is 4.21. The maximum Gasteiger partial charge on any atom is 0.250 e. The van der Waals surface area contributed by atoms with E-state index >= 15 is 0 Å². The second-order valence-electron chi connectivity index (χ2n) is 5.44. The van der Waals surface area contributed by atoms with E-state index in [0.29, 0.717) is 11.6 Å². The second-order valence-corrected chi connectivity index (χ2v) is 5.44. The number of carbonyl (C=O) groups is 1. The standard InChI is InChI=1S/C15H24N4O/c1-3-17-11(2)12-6-8-19(9-7-12)14-5-4-13(10-18-14)15(16)20/h4-5,10-12,17H,3,6-9H2,1-2H3,(H2,16,20). The summed E-state index contributed by atoms with van der Waals surface area (Å²) in [5, 5.41) is 3.50. The van der Waals surface area contributed by atoms with Crippen molar-refractivity contribution in [2.45, 2.75) is 32.7 Å². The van der Waals surface area contributed by atoms with Gasteiger partial charge in [-0.1, -0.05) is 6.92 Å². The number of anilines is 1. The van der Waals surface area contributed by atoms with Crippen LogP contribution < -0.4 is 16.0 Å². The van der Waals surface area contributed by atoms with Crippen molar-refractivity contribution in [3.8, 4) is 0 Å². The average Bonchev–Trinajstić information content (AvgIpc) is 2.48. The fourth-order valence-electron chi connectivity index (χ4n) is 2.84. The van der Waals surface area contributed by atoms with Gasteiger partial charge in [0.05, 0.1) is 5.56 Å². The molecule has 1 saturated heterocycles. The number of hydrogen-bond donors (Lipinski definition) is 2. The molecule has 3 N–H and O–H groups in total. The highest BCUT2D eigenvalue weighted by Crippen LogP contribution is 2.24. The number of hydrogen-bond acceptors (Lipinski definition) is 4. The number of rotatable bonds is 5. The molecule has 1 aromatic heterocycles. The van der Waals surface area contributed by atoms with Gasteiger partial charge >= 0.3 is 0 Å². The lowest BCUT2D eigenvalue weighted by molar-refractivity contribution is 0.1000. The Hall–Kier alpha value is -1.62. The van der Waals surface area contributed by atoms with Crippen LogP contribution in [-0.4, -0.2) is 36.6 Å². The summed E-state index contributed by atoms with van der Waals surface area (Å²) in [5.41, 5.74) is 5.69. The van der Waals surface area contributed by atoms with Crippen LogP contribution >= 0.6 is 0 Å². The van der Waals surface area contributed by atoms with Gasteiger partial charge in [-0.25, -0.2) is 4.98 Å². The Kier molecular flexibility index (Phi) is 4.95. The predicted octanol–water partition coefficient (Wildman–Crippen LogP) is 1.39. The van der Waals surface area contributed by atoms with Crippen LogP contribution in [0.25, 0.3) is 0 Å². The number of nitrogens with zero attached hydrogens (tertiary/aromatic N) is 2. The van der Waals surface area contributed by atoms with Gasteiger partial charge in [-0.2, -0.15) is 0 Å². The van der Waals surface area contributed by atoms with Gasteiger partial charge in [-0.3, -0.25) is 4.79 Å². The molecule has 1 amide bonds. The highest BCUT2D eigenvalue weighted by Gasteiger charge is 2.23. The van der Waals surface area contributed by atoms with E-state index in [1.807, 2.05) is 6.07 Å². The van der Waals surface area contributed by atoms with Gasteiger partial charge in [-0.15, -0.1) is 0 Å². The van der Waals surface area contributed by atoms with Crippen LogP contribution in [0.2, 0.25) is 0 Å². The number of primary amides is 1. The molecule has 5 nitrogen and oxygen atoms in total. The van der Waals surface area contributed by atoms with Crippen molar-refractivity contribution in [3.05, 3.63) is 23.9 Å². The molecule has 0 radical (unpaired) electrons. The second kappa shape index (κ2) is 6.70. The fraction of sp³-hybridized carbons (Fsp3) is 0.600.